The van der Waals surface area contributed by atoms with E-state index in [1.165, 1.54) is 0 Å². The van der Waals surface area contributed by atoms with Crippen molar-refractivity contribution in [1.82, 2.24) is 4.90 Å². The van der Waals surface area contributed by atoms with Gasteiger partial charge in [-0.1, -0.05) is 41.9 Å². The summed E-state index contributed by atoms with van der Waals surface area (Å²) in [6.45, 7) is 0.970. The first-order valence-corrected chi connectivity index (χ1v) is 8.77. The molecule has 1 heterocycles. The van der Waals surface area contributed by atoms with Gasteiger partial charge in [0, 0.05) is 29.7 Å². The molecule has 1 N–H and O–H groups in total. The van der Waals surface area contributed by atoms with Crippen LogP contribution in [0.3, 0.4) is 0 Å². The molecule has 2 amide bonds. The Morgan fingerprint density at radius 2 is 2.00 bits per heavy atom. The van der Waals surface area contributed by atoms with E-state index in [0.29, 0.717) is 23.8 Å². The number of halogens is 2. The summed E-state index contributed by atoms with van der Waals surface area (Å²) in [5.74, 6) is -0.492. The Morgan fingerprint density at radius 3 is 2.71 bits per heavy atom. The molecule has 24 heavy (non-hydrogen) atoms. The third-order valence-electron chi connectivity index (χ3n) is 3.99. The van der Waals surface area contributed by atoms with E-state index < -0.39 is 0 Å². The summed E-state index contributed by atoms with van der Waals surface area (Å²) in [7, 11) is 0. The maximum absolute atomic E-state index is 12.4. The van der Waals surface area contributed by atoms with E-state index in [1.807, 2.05) is 30.3 Å². The molecule has 2 aromatic carbocycles. The maximum atomic E-state index is 12.4. The van der Waals surface area contributed by atoms with Crippen LogP contribution in [0.4, 0.5) is 5.69 Å². The fourth-order valence-electron chi connectivity index (χ4n) is 2.72. The standard InChI is InChI=1S/C18H16BrClN2O2/c19-15-7-6-14(9-16(15)20)21-18(24)13-8-17(23)22(11-13)10-12-4-2-1-3-5-12/h1-7,9,13H,8,10-11H2,(H,21,24)/t13-/m0/s1. The minimum Gasteiger partial charge on any atom is -0.338 e. The number of anilines is 1. The minimum absolute atomic E-state index is 0.00726. The number of amides is 2. The molecule has 0 unspecified atom stereocenters. The molecule has 1 aliphatic rings. The van der Waals surface area contributed by atoms with E-state index >= 15 is 0 Å². The van der Waals surface area contributed by atoms with Crippen LogP contribution < -0.4 is 5.32 Å². The molecule has 4 nitrogen and oxygen atoms in total. The Labute approximate surface area is 153 Å². The van der Waals surface area contributed by atoms with Gasteiger partial charge in [-0.05, 0) is 39.7 Å². The summed E-state index contributed by atoms with van der Waals surface area (Å²) in [6, 6.07) is 15.0. The van der Waals surface area contributed by atoms with Crippen molar-refractivity contribution in [3.05, 3.63) is 63.6 Å². The molecule has 3 rings (SSSR count). The smallest absolute Gasteiger partial charge is 0.229 e. The van der Waals surface area contributed by atoms with E-state index in [4.69, 9.17) is 11.6 Å². The lowest BCUT2D eigenvalue weighted by molar-refractivity contribution is -0.128. The second-order valence-corrected chi connectivity index (χ2v) is 7.04. The molecule has 0 saturated carbocycles. The van der Waals surface area contributed by atoms with Gasteiger partial charge in [-0.15, -0.1) is 0 Å². The summed E-state index contributed by atoms with van der Waals surface area (Å²) in [4.78, 5) is 26.3. The summed E-state index contributed by atoms with van der Waals surface area (Å²) in [6.07, 6.45) is 0.239. The van der Waals surface area contributed by atoms with Crippen LogP contribution in [0.25, 0.3) is 0 Å². The SMILES string of the molecule is O=C(Nc1ccc(Br)c(Cl)c1)[C@H]1CC(=O)N(Cc2ccccc2)C1. The molecule has 0 radical (unpaired) electrons. The van der Waals surface area contributed by atoms with Crippen molar-refractivity contribution in [2.45, 2.75) is 13.0 Å². The highest BCUT2D eigenvalue weighted by atomic mass is 79.9. The highest BCUT2D eigenvalue weighted by molar-refractivity contribution is 9.10. The number of nitrogens with zero attached hydrogens (tertiary/aromatic N) is 1. The molecule has 0 spiro atoms. The van der Waals surface area contributed by atoms with Gasteiger partial charge in [-0.25, -0.2) is 0 Å². The predicted octanol–water partition coefficient (Wildman–Crippen LogP) is 4.09. The predicted molar refractivity (Wildman–Crippen MR) is 97.7 cm³/mol. The Hall–Kier alpha value is -1.85. The molecule has 124 valence electrons. The van der Waals surface area contributed by atoms with Crippen LogP contribution in [-0.4, -0.2) is 23.3 Å². The van der Waals surface area contributed by atoms with Gasteiger partial charge < -0.3 is 10.2 Å². The average molecular weight is 408 g/mol. The van der Waals surface area contributed by atoms with Gasteiger partial charge in [0.2, 0.25) is 11.8 Å². The van der Waals surface area contributed by atoms with Gasteiger partial charge >= 0.3 is 0 Å². The van der Waals surface area contributed by atoms with Gasteiger partial charge in [-0.3, -0.25) is 9.59 Å². The monoisotopic (exact) mass is 406 g/mol. The van der Waals surface area contributed by atoms with E-state index in [-0.39, 0.29) is 24.2 Å². The highest BCUT2D eigenvalue weighted by Crippen LogP contribution is 2.27. The van der Waals surface area contributed by atoms with Crippen LogP contribution in [0.5, 0.6) is 0 Å². The van der Waals surface area contributed by atoms with Crippen molar-refractivity contribution in [2.75, 3.05) is 11.9 Å². The summed E-state index contributed by atoms with van der Waals surface area (Å²) in [5.41, 5.74) is 1.69. The van der Waals surface area contributed by atoms with Gasteiger partial charge in [0.1, 0.15) is 0 Å². The fraction of sp³-hybridized carbons (Fsp3) is 0.222. The summed E-state index contributed by atoms with van der Waals surface area (Å²) >= 11 is 9.35. The lowest BCUT2D eigenvalue weighted by Gasteiger charge is -2.16. The normalized spacial score (nSPS) is 17.2. The molecule has 2 aromatic rings. The van der Waals surface area contributed by atoms with Crippen molar-refractivity contribution in [3.63, 3.8) is 0 Å². The molecule has 1 atom stereocenters. The highest BCUT2D eigenvalue weighted by Gasteiger charge is 2.34. The second-order valence-electron chi connectivity index (χ2n) is 5.78. The zero-order chi connectivity index (χ0) is 17.1. The van der Waals surface area contributed by atoms with Crippen molar-refractivity contribution >= 4 is 45.0 Å². The lowest BCUT2D eigenvalue weighted by atomic mass is 10.1. The Morgan fingerprint density at radius 1 is 1.25 bits per heavy atom. The number of hydrogen-bond donors (Lipinski definition) is 1. The number of carbonyl (C=O) groups excluding carboxylic acids is 2. The van der Waals surface area contributed by atoms with Gasteiger partial charge in [0.25, 0.3) is 0 Å². The quantitative estimate of drug-likeness (QED) is 0.830. The van der Waals surface area contributed by atoms with Crippen LogP contribution in [0.2, 0.25) is 5.02 Å². The molecular weight excluding hydrogens is 392 g/mol. The van der Waals surface area contributed by atoms with E-state index in [2.05, 4.69) is 21.2 Å². The third kappa shape index (κ3) is 3.97. The molecule has 1 saturated heterocycles. The van der Waals surface area contributed by atoms with E-state index in [9.17, 15) is 9.59 Å². The first-order chi connectivity index (χ1) is 11.5. The Balaban J connectivity index is 1.62. The van der Waals surface area contributed by atoms with Crippen molar-refractivity contribution in [3.8, 4) is 0 Å². The summed E-state index contributed by atoms with van der Waals surface area (Å²) < 4.78 is 0.771. The van der Waals surface area contributed by atoms with Crippen molar-refractivity contribution in [2.24, 2.45) is 5.92 Å². The number of hydrogen-bond acceptors (Lipinski definition) is 2. The molecule has 0 aromatic heterocycles. The molecule has 6 heteroatoms. The van der Waals surface area contributed by atoms with E-state index in [1.54, 1.807) is 23.1 Å². The molecule has 1 aliphatic heterocycles. The third-order valence-corrected chi connectivity index (χ3v) is 5.22. The largest absolute Gasteiger partial charge is 0.338 e. The number of carbonyl (C=O) groups is 2. The van der Waals surface area contributed by atoms with Gasteiger partial charge in [0.05, 0.1) is 10.9 Å². The zero-order valence-electron chi connectivity index (χ0n) is 12.8. The maximum Gasteiger partial charge on any atom is 0.229 e. The van der Waals surface area contributed by atoms with Crippen LogP contribution in [0.1, 0.15) is 12.0 Å². The minimum atomic E-state index is -0.344. The van der Waals surface area contributed by atoms with Crippen LogP contribution in [-0.2, 0) is 16.1 Å². The second kappa shape index (κ2) is 7.36. The Kier molecular flexibility index (Phi) is 5.21. The zero-order valence-corrected chi connectivity index (χ0v) is 15.2. The van der Waals surface area contributed by atoms with Crippen LogP contribution in [0.15, 0.2) is 53.0 Å². The first kappa shape index (κ1) is 17.0. The molecular formula is C18H16BrClN2O2. The van der Waals surface area contributed by atoms with Crippen molar-refractivity contribution < 1.29 is 9.59 Å². The topological polar surface area (TPSA) is 49.4 Å². The van der Waals surface area contributed by atoms with E-state index in [0.717, 1.165) is 10.0 Å². The summed E-state index contributed by atoms with van der Waals surface area (Å²) in [5, 5.41) is 3.36. The first-order valence-electron chi connectivity index (χ1n) is 7.60. The fourth-order valence-corrected chi connectivity index (χ4v) is 3.15. The van der Waals surface area contributed by atoms with Gasteiger partial charge in [0.15, 0.2) is 0 Å². The lowest BCUT2D eigenvalue weighted by Crippen LogP contribution is -2.28. The van der Waals surface area contributed by atoms with Crippen LogP contribution >= 0.6 is 27.5 Å². The Bertz CT molecular complexity index is 767. The van der Waals surface area contributed by atoms with Crippen LogP contribution in [0, 0.1) is 5.92 Å². The molecule has 0 bridgehead atoms. The molecule has 0 aliphatic carbocycles. The number of rotatable bonds is 4. The number of nitrogens with one attached hydrogen (secondary N) is 1. The van der Waals surface area contributed by atoms with Gasteiger partial charge in [-0.2, -0.15) is 0 Å². The number of benzene rings is 2. The number of likely N-dealkylation sites (tertiary alicyclic amines) is 1. The molecule has 1 fully saturated rings. The average Bonchev–Trinajstić information content (AvgIpc) is 2.93. The van der Waals surface area contributed by atoms with Crippen molar-refractivity contribution in [1.29, 1.82) is 0 Å².